The minimum Gasteiger partial charge on any atom is -0.353 e. The molecule has 1 radical (unpaired) electrons. The van der Waals surface area contributed by atoms with Gasteiger partial charge in [-0.1, -0.05) is 32.4 Å². The average molecular weight is 225 g/mol. The van der Waals surface area contributed by atoms with E-state index in [2.05, 4.69) is 13.8 Å². The van der Waals surface area contributed by atoms with Crippen molar-refractivity contribution in [1.29, 1.82) is 0 Å². The van der Waals surface area contributed by atoms with Gasteiger partial charge in [-0.05, 0) is 39.0 Å². The summed E-state index contributed by atoms with van der Waals surface area (Å²) in [5, 5.41) is 0. The van der Waals surface area contributed by atoms with Gasteiger partial charge in [-0.3, -0.25) is 0 Å². The Morgan fingerprint density at radius 2 is 2.31 bits per heavy atom. The van der Waals surface area contributed by atoms with Gasteiger partial charge in [0.1, 0.15) is 0 Å². The highest BCUT2D eigenvalue weighted by Crippen LogP contribution is 2.28. The summed E-state index contributed by atoms with van der Waals surface area (Å²) in [6.07, 6.45) is 9.30. The van der Waals surface area contributed by atoms with Gasteiger partial charge in [-0.2, -0.15) is 0 Å². The zero-order chi connectivity index (χ0) is 11.9. The predicted octanol–water partition coefficient (Wildman–Crippen LogP) is 3.86. The normalized spacial score (nSPS) is 25.0. The maximum atomic E-state index is 6.09. The van der Waals surface area contributed by atoms with Gasteiger partial charge in [0.25, 0.3) is 0 Å². The van der Waals surface area contributed by atoms with Gasteiger partial charge in [-0.25, -0.2) is 0 Å². The molecule has 0 aromatic carbocycles. The SMILES string of the molecule is [CH]=CCC(C)(CCCC)OC1CCCCO1. The van der Waals surface area contributed by atoms with Crippen molar-refractivity contribution >= 4 is 0 Å². The van der Waals surface area contributed by atoms with Crippen LogP contribution < -0.4 is 0 Å². The van der Waals surface area contributed by atoms with Gasteiger partial charge in [0.05, 0.1) is 5.60 Å². The third-order valence-corrected chi connectivity index (χ3v) is 3.16. The van der Waals surface area contributed by atoms with E-state index in [0.717, 1.165) is 32.3 Å². The van der Waals surface area contributed by atoms with Crippen molar-refractivity contribution in [1.82, 2.24) is 0 Å². The van der Waals surface area contributed by atoms with Gasteiger partial charge in [0.15, 0.2) is 6.29 Å². The summed E-state index contributed by atoms with van der Waals surface area (Å²) in [7, 11) is 0. The minimum absolute atomic E-state index is 0.0180. The van der Waals surface area contributed by atoms with Crippen LogP contribution in [0.5, 0.6) is 0 Å². The summed E-state index contributed by atoms with van der Waals surface area (Å²) in [4.78, 5) is 0. The van der Waals surface area contributed by atoms with E-state index >= 15 is 0 Å². The zero-order valence-corrected chi connectivity index (χ0v) is 10.7. The monoisotopic (exact) mass is 225 g/mol. The molecule has 0 N–H and O–H groups in total. The van der Waals surface area contributed by atoms with Gasteiger partial charge in [0.2, 0.25) is 0 Å². The zero-order valence-electron chi connectivity index (χ0n) is 10.7. The predicted molar refractivity (Wildman–Crippen MR) is 66.1 cm³/mol. The molecule has 1 aliphatic rings. The molecule has 1 heterocycles. The second kappa shape index (κ2) is 7.08. The molecule has 1 rings (SSSR count). The fourth-order valence-corrected chi connectivity index (χ4v) is 2.13. The van der Waals surface area contributed by atoms with E-state index in [9.17, 15) is 0 Å². The molecule has 0 spiro atoms. The smallest absolute Gasteiger partial charge is 0.158 e. The first kappa shape index (κ1) is 13.7. The van der Waals surface area contributed by atoms with E-state index in [-0.39, 0.29) is 11.9 Å². The summed E-state index contributed by atoms with van der Waals surface area (Å²) in [6.45, 7) is 10.7. The molecule has 0 aromatic heterocycles. The standard InChI is InChI=1S/C14H25O2/c1-4-6-11-14(3,10-5-2)16-13-9-7-8-12-15-13/h2,5,13H,4,6-12H2,1,3H3. The summed E-state index contributed by atoms with van der Waals surface area (Å²) in [5.74, 6) is 0. The number of unbranched alkanes of at least 4 members (excludes halogenated alkanes) is 1. The first-order chi connectivity index (χ1) is 7.70. The van der Waals surface area contributed by atoms with E-state index in [0.29, 0.717) is 0 Å². The number of hydrogen-bond donors (Lipinski definition) is 0. The molecule has 1 saturated heterocycles. The first-order valence-electron chi connectivity index (χ1n) is 6.53. The Labute approximate surface area is 100 Å². The van der Waals surface area contributed by atoms with Crippen molar-refractivity contribution < 1.29 is 9.47 Å². The first-order valence-corrected chi connectivity index (χ1v) is 6.53. The topological polar surface area (TPSA) is 18.5 Å². The van der Waals surface area contributed by atoms with Crippen LogP contribution in [0.4, 0.5) is 0 Å². The molecule has 0 aliphatic carbocycles. The number of ether oxygens (including phenoxy) is 2. The van der Waals surface area contributed by atoms with E-state index in [1.807, 2.05) is 0 Å². The highest BCUT2D eigenvalue weighted by molar-refractivity contribution is 4.84. The van der Waals surface area contributed by atoms with Crippen molar-refractivity contribution in [2.75, 3.05) is 6.61 Å². The molecular formula is C14H25O2. The van der Waals surface area contributed by atoms with E-state index in [4.69, 9.17) is 16.1 Å². The van der Waals surface area contributed by atoms with Crippen LogP contribution in [0.3, 0.4) is 0 Å². The average Bonchev–Trinajstić information content (AvgIpc) is 2.28. The summed E-state index contributed by atoms with van der Waals surface area (Å²) >= 11 is 0. The van der Waals surface area contributed by atoms with E-state index < -0.39 is 0 Å². The lowest BCUT2D eigenvalue weighted by atomic mass is 9.95. The number of hydrogen-bond acceptors (Lipinski definition) is 2. The van der Waals surface area contributed by atoms with Crippen LogP contribution in [-0.2, 0) is 9.47 Å². The quantitative estimate of drug-likeness (QED) is 0.655. The molecule has 0 bridgehead atoms. The Hall–Kier alpha value is -0.340. The fourth-order valence-electron chi connectivity index (χ4n) is 2.13. The summed E-state index contributed by atoms with van der Waals surface area (Å²) < 4.78 is 11.7. The molecule has 0 saturated carbocycles. The van der Waals surface area contributed by atoms with Crippen LogP contribution in [0.2, 0.25) is 0 Å². The molecule has 2 nitrogen and oxygen atoms in total. The molecule has 0 amide bonds. The lowest BCUT2D eigenvalue weighted by Crippen LogP contribution is -2.36. The van der Waals surface area contributed by atoms with Gasteiger partial charge in [-0.15, -0.1) is 0 Å². The van der Waals surface area contributed by atoms with Crippen molar-refractivity contribution in [3.05, 3.63) is 12.7 Å². The molecular weight excluding hydrogens is 200 g/mol. The lowest BCUT2D eigenvalue weighted by Gasteiger charge is -2.35. The fraction of sp³-hybridized carbons (Fsp3) is 0.857. The Bertz CT molecular complexity index is 197. The van der Waals surface area contributed by atoms with Crippen LogP contribution in [0.25, 0.3) is 0 Å². The summed E-state index contributed by atoms with van der Waals surface area (Å²) in [5.41, 5.74) is -0.146. The Balaban J connectivity index is 2.43. The van der Waals surface area contributed by atoms with Gasteiger partial charge in [0, 0.05) is 6.61 Å². The highest BCUT2D eigenvalue weighted by Gasteiger charge is 2.28. The minimum atomic E-state index is -0.146. The van der Waals surface area contributed by atoms with Gasteiger partial charge < -0.3 is 9.47 Å². The van der Waals surface area contributed by atoms with Crippen LogP contribution in [0.1, 0.15) is 58.8 Å². The Morgan fingerprint density at radius 3 is 2.88 bits per heavy atom. The molecule has 16 heavy (non-hydrogen) atoms. The second-order valence-corrected chi connectivity index (χ2v) is 4.91. The van der Waals surface area contributed by atoms with Crippen LogP contribution in [0.15, 0.2) is 6.08 Å². The van der Waals surface area contributed by atoms with Crippen LogP contribution >= 0.6 is 0 Å². The molecule has 93 valence electrons. The van der Waals surface area contributed by atoms with Crippen molar-refractivity contribution in [2.24, 2.45) is 0 Å². The van der Waals surface area contributed by atoms with Crippen molar-refractivity contribution in [3.63, 3.8) is 0 Å². The molecule has 1 aliphatic heterocycles. The maximum Gasteiger partial charge on any atom is 0.158 e. The third kappa shape index (κ3) is 4.67. The Kier molecular flexibility index (Phi) is 6.07. The maximum absolute atomic E-state index is 6.09. The molecule has 0 aromatic rings. The van der Waals surface area contributed by atoms with Crippen molar-refractivity contribution in [3.8, 4) is 0 Å². The van der Waals surface area contributed by atoms with E-state index in [1.54, 1.807) is 6.08 Å². The number of rotatable bonds is 7. The molecule has 1 fully saturated rings. The second-order valence-electron chi connectivity index (χ2n) is 4.91. The van der Waals surface area contributed by atoms with Gasteiger partial charge >= 0.3 is 0 Å². The highest BCUT2D eigenvalue weighted by atomic mass is 16.7. The van der Waals surface area contributed by atoms with E-state index in [1.165, 1.54) is 19.3 Å². The Morgan fingerprint density at radius 1 is 1.50 bits per heavy atom. The molecule has 2 unspecified atom stereocenters. The molecule has 2 atom stereocenters. The summed E-state index contributed by atoms with van der Waals surface area (Å²) in [6, 6.07) is 0. The third-order valence-electron chi connectivity index (χ3n) is 3.16. The van der Waals surface area contributed by atoms with Crippen LogP contribution in [0, 0.1) is 6.58 Å². The molecule has 2 heteroatoms. The van der Waals surface area contributed by atoms with Crippen LogP contribution in [-0.4, -0.2) is 18.5 Å². The lowest BCUT2D eigenvalue weighted by molar-refractivity contribution is -0.221. The largest absolute Gasteiger partial charge is 0.353 e. The van der Waals surface area contributed by atoms with Crippen molar-refractivity contribution in [2.45, 2.75) is 70.7 Å².